The van der Waals surface area contributed by atoms with Gasteiger partial charge in [0.05, 0.1) is 17.3 Å². The zero-order chi connectivity index (χ0) is 22.0. The molecule has 0 aliphatic carbocycles. The molecule has 0 N–H and O–H groups in total. The lowest BCUT2D eigenvalue weighted by atomic mass is 10.0. The number of carbonyl (C=O) groups is 1. The van der Waals surface area contributed by atoms with E-state index in [0.717, 1.165) is 5.56 Å². The molecule has 2 aromatic rings. The Morgan fingerprint density at radius 3 is 2.13 bits per heavy atom. The van der Waals surface area contributed by atoms with E-state index in [-0.39, 0.29) is 17.8 Å². The Balaban J connectivity index is 1.60. The summed E-state index contributed by atoms with van der Waals surface area (Å²) in [4.78, 5) is 18.9. The molecule has 31 heavy (non-hydrogen) atoms. The Morgan fingerprint density at radius 2 is 1.52 bits per heavy atom. The van der Waals surface area contributed by atoms with Crippen LogP contribution in [-0.4, -0.2) is 65.9 Å². The van der Waals surface area contributed by atoms with Crippen LogP contribution >= 0.6 is 0 Å². The first kappa shape index (κ1) is 21.4. The van der Waals surface area contributed by atoms with Crippen LogP contribution in [0, 0.1) is 0 Å². The molecule has 4 rings (SSSR count). The monoisotopic (exact) mass is 423 g/mol. The second-order valence-corrected chi connectivity index (χ2v) is 7.97. The van der Waals surface area contributed by atoms with E-state index in [1.165, 1.54) is 0 Å². The summed E-state index contributed by atoms with van der Waals surface area (Å²) in [5.74, 6) is 1.08. The predicted molar refractivity (Wildman–Crippen MR) is 121 cm³/mol. The Labute approximate surface area is 183 Å². The molecule has 1 fully saturated rings. The molecular formula is C25H30FN3O2. The van der Waals surface area contributed by atoms with E-state index in [4.69, 9.17) is 4.74 Å². The number of halogens is 1. The number of likely N-dealkylation sites (N-methyl/N-ethyl adjacent to an activating group) is 1. The van der Waals surface area contributed by atoms with Crippen LogP contribution in [0.4, 0.5) is 4.39 Å². The predicted octanol–water partition coefficient (Wildman–Crippen LogP) is 4.46. The smallest absolute Gasteiger partial charge is 0.239 e. The molecule has 1 atom stereocenters. The van der Waals surface area contributed by atoms with Crippen molar-refractivity contribution in [2.24, 2.45) is 0 Å². The summed E-state index contributed by atoms with van der Waals surface area (Å²) >= 11 is 0. The number of hydrogen-bond acceptors (Lipinski definition) is 4. The van der Waals surface area contributed by atoms with E-state index in [1.54, 1.807) is 12.1 Å². The van der Waals surface area contributed by atoms with Crippen LogP contribution in [0.5, 0.6) is 11.5 Å². The third-order valence-electron chi connectivity index (χ3n) is 6.30. The molecule has 0 spiro atoms. The average Bonchev–Trinajstić information content (AvgIpc) is 2.93. The Bertz CT molecular complexity index is 978. The maximum atomic E-state index is 15.8. The highest BCUT2D eigenvalue weighted by Gasteiger charge is 2.32. The number of fused-ring (bicyclic) bond motifs is 2. The van der Waals surface area contributed by atoms with Gasteiger partial charge in [-0.15, -0.1) is 0 Å². The molecule has 1 saturated heterocycles. The fraction of sp³-hybridized carbons (Fsp3) is 0.400. The SMILES string of the molecule is CCN(CC)C(=O)C(C)N1CCN(C2=C(F)c3ccccc3Oc3ccccc32)CC1. The second kappa shape index (κ2) is 9.10. The minimum Gasteiger partial charge on any atom is -0.456 e. The first-order chi connectivity index (χ1) is 15.0. The zero-order valence-electron chi connectivity index (χ0n) is 18.5. The minimum absolute atomic E-state index is 0.158. The highest BCUT2D eigenvalue weighted by atomic mass is 19.1. The first-order valence-electron chi connectivity index (χ1n) is 11.1. The van der Waals surface area contributed by atoms with E-state index < -0.39 is 0 Å². The van der Waals surface area contributed by atoms with E-state index in [0.29, 0.717) is 62.0 Å². The van der Waals surface area contributed by atoms with E-state index in [9.17, 15) is 4.79 Å². The molecule has 1 amide bonds. The molecule has 2 heterocycles. The molecule has 164 valence electrons. The van der Waals surface area contributed by atoms with Crippen LogP contribution in [-0.2, 0) is 4.79 Å². The van der Waals surface area contributed by atoms with Crippen molar-refractivity contribution in [1.29, 1.82) is 0 Å². The highest BCUT2D eigenvalue weighted by molar-refractivity contribution is 5.91. The van der Waals surface area contributed by atoms with Crippen LogP contribution in [0.3, 0.4) is 0 Å². The normalized spacial score (nSPS) is 17.4. The van der Waals surface area contributed by atoms with Crippen molar-refractivity contribution < 1.29 is 13.9 Å². The van der Waals surface area contributed by atoms with Crippen molar-refractivity contribution >= 4 is 17.4 Å². The largest absolute Gasteiger partial charge is 0.456 e. The van der Waals surface area contributed by atoms with Crippen molar-refractivity contribution in [1.82, 2.24) is 14.7 Å². The van der Waals surface area contributed by atoms with E-state index >= 15 is 4.39 Å². The topological polar surface area (TPSA) is 36.0 Å². The molecular weight excluding hydrogens is 393 g/mol. The van der Waals surface area contributed by atoms with Crippen LogP contribution in [0.1, 0.15) is 31.9 Å². The number of piperazine rings is 1. The van der Waals surface area contributed by atoms with Gasteiger partial charge in [-0.2, -0.15) is 0 Å². The summed E-state index contributed by atoms with van der Waals surface area (Å²) in [5, 5.41) is 0. The van der Waals surface area contributed by atoms with Gasteiger partial charge in [0.25, 0.3) is 0 Å². The van der Waals surface area contributed by atoms with Crippen molar-refractivity contribution in [2.45, 2.75) is 26.8 Å². The number of benzene rings is 2. The van der Waals surface area contributed by atoms with Gasteiger partial charge in [0.1, 0.15) is 11.5 Å². The van der Waals surface area contributed by atoms with Gasteiger partial charge in [0.2, 0.25) is 5.91 Å². The van der Waals surface area contributed by atoms with Crippen LogP contribution in [0.2, 0.25) is 0 Å². The van der Waals surface area contributed by atoms with Gasteiger partial charge < -0.3 is 14.5 Å². The van der Waals surface area contributed by atoms with Gasteiger partial charge in [0.15, 0.2) is 5.83 Å². The standard InChI is InChI=1S/C25H30FN3O2/c1-4-27(5-2)25(30)18(3)28-14-16-29(17-15-28)24-20-11-7-9-13-22(20)31-21-12-8-6-10-19(21)23(24)26/h6-13,18H,4-5,14-17H2,1-3H3. The second-order valence-electron chi connectivity index (χ2n) is 7.97. The summed E-state index contributed by atoms with van der Waals surface area (Å²) in [5.41, 5.74) is 1.81. The molecule has 6 heteroatoms. The summed E-state index contributed by atoms with van der Waals surface area (Å²) in [6.07, 6.45) is 0. The number of nitrogens with zero attached hydrogens (tertiary/aromatic N) is 3. The molecule has 2 aliphatic heterocycles. The van der Waals surface area contributed by atoms with E-state index in [2.05, 4.69) is 9.80 Å². The van der Waals surface area contributed by atoms with Crippen LogP contribution in [0.25, 0.3) is 11.5 Å². The number of amides is 1. The maximum Gasteiger partial charge on any atom is 0.239 e. The summed E-state index contributed by atoms with van der Waals surface area (Å²) < 4.78 is 21.9. The van der Waals surface area contributed by atoms with Gasteiger partial charge in [0, 0.05) is 44.8 Å². The Hall–Kier alpha value is -2.86. The Morgan fingerprint density at radius 1 is 0.968 bits per heavy atom. The van der Waals surface area contributed by atoms with Gasteiger partial charge in [-0.25, -0.2) is 4.39 Å². The number of carbonyl (C=O) groups excluding carboxylic acids is 1. The quantitative estimate of drug-likeness (QED) is 0.711. The van der Waals surface area contributed by atoms with Crippen molar-refractivity contribution in [3.8, 4) is 11.5 Å². The van der Waals surface area contributed by atoms with Crippen molar-refractivity contribution in [3.63, 3.8) is 0 Å². The lowest BCUT2D eigenvalue weighted by Gasteiger charge is -2.40. The summed E-state index contributed by atoms with van der Waals surface area (Å²) in [7, 11) is 0. The highest BCUT2D eigenvalue weighted by Crippen LogP contribution is 2.44. The Kier molecular flexibility index (Phi) is 6.28. The average molecular weight is 424 g/mol. The maximum absolute atomic E-state index is 15.8. The third kappa shape index (κ3) is 4.04. The van der Waals surface area contributed by atoms with Crippen LogP contribution in [0.15, 0.2) is 48.5 Å². The zero-order valence-corrected chi connectivity index (χ0v) is 18.5. The van der Waals surface area contributed by atoms with Crippen molar-refractivity contribution in [2.75, 3.05) is 39.3 Å². The molecule has 0 radical (unpaired) electrons. The summed E-state index contributed by atoms with van der Waals surface area (Å²) in [6.45, 7) is 10.1. The fourth-order valence-corrected chi connectivity index (χ4v) is 4.45. The van der Waals surface area contributed by atoms with Gasteiger partial charge in [-0.1, -0.05) is 24.3 Å². The number of para-hydroxylation sites is 2. The minimum atomic E-state index is -0.263. The molecule has 5 nitrogen and oxygen atoms in total. The van der Waals surface area contributed by atoms with E-state index in [1.807, 2.05) is 62.1 Å². The molecule has 1 unspecified atom stereocenters. The number of hydrogen-bond donors (Lipinski definition) is 0. The number of ether oxygens (including phenoxy) is 1. The molecule has 2 aromatic carbocycles. The fourth-order valence-electron chi connectivity index (χ4n) is 4.45. The summed E-state index contributed by atoms with van der Waals surface area (Å²) in [6, 6.07) is 14.7. The molecule has 0 bridgehead atoms. The third-order valence-corrected chi connectivity index (χ3v) is 6.30. The lowest BCUT2D eigenvalue weighted by molar-refractivity contribution is -0.136. The molecule has 0 saturated carbocycles. The van der Waals surface area contributed by atoms with Gasteiger partial charge in [-0.05, 0) is 45.0 Å². The first-order valence-corrected chi connectivity index (χ1v) is 11.1. The van der Waals surface area contributed by atoms with Crippen molar-refractivity contribution in [3.05, 3.63) is 59.7 Å². The van der Waals surface area contributed by atoms with Gasteiger partial charge >= 0.3 is 0 Å². The number of rotatable bonds is 5. The molecule has 0 aromatic heterocycles. The lowest BCUT2D eigenvalue weighted by Crippen LogP contribution is -2.54. The van der Waals surface area contributed by atoms with Gasteiger partial charge in [-0.3, -0.25) is 9.69 Å². The van der Waals surface area contributed by atoms with Crippen LogP contribution < -0.4 is 4.74 Å². The molecule has 2 aliphatic rings.